The van der Waals surface area contributed by atoms with Gasteiger partial charge in [-0.15, -0.1) is 13.2 Å². The lowest BCUT2D eigenvalue weighted by Gasteiger charge is -2.16. The highest BCUT2D eigenvalue weighted by molar-refractivity contribution is 6.33. The highest BCUT2D eigenvalue weighted by Gasteiger charge is 2.11. The van der Waals surface area contributed by atoms with Crippen molar-refractivity contribution in [2.24, 2.45) is 0 Å². The maximum absolute atomic E-state index is 12.1. The summed E-state index contributed by atoms with van der Waals surface area (Å²) in [5, 5.41) is 12.1. The van der Waals surface area contributed by atoms with E-state index in [0.29, 0.717) is 29.5 Å². The van der Waals surface area contributed by atoms with Crippen LogP contribution in [0.5, 0.6) is 0 Å². The fourth-order valence-electron chi connectivity index (χ4n) is 1.64. The van der Waals surface area contributed by atoms with Crippen molar-refractivity contribution in [1.82, 2.24) is 4.90 Å². The third-order valence-electron chi connectivity index (χ3n) is 2.66. The number of benzene rings is 1. The average molecular weight is 317 g/mol. The molecule has 1 aromatic rings. The third-order valence-corrected chi connectivity index (χ3v) is 2.99. The van der Waals surface area contributed by atoms with E-state index in [1.165, 1.54) is 12.3 Å². The van der Waals surface area contributed by atoms with Crippen molar-refractivity contribution >= 4 is 28.9 Å². The van der Waals surface area contributed by atoms with Crippen LogP contribution in [-0.2, 0) is 4.79 Å². The largest absolute Gasteiger partial charge is 0.398 e. The van der Waals surface area contributed by atoms with Gasteiger partial charge < -0.3 is 16.0 Å². The number of nitrogens with one attached hydrogen (secondary N) is 1. The topological polar surface area (TPSA) is 82.2 Å². The number of nitrogen functional groups attached to an aromatic ring is 1. The lowest BCUT2D eigenvalue weighted by atomic mass is 10.2. The number of halogens is 1. The van der Waals surface area contributed by atoms with Gasteiger partial charge >= 0.3 is 0 Å². The maximum Gasteiger partial charge on any atom is 0.267 e. The molecule has 3 N–H and O–H groups in total. The Labute approximate surface area is 135 Å². The standard InChI is InChI=1S/C16H17ClN4O/c1-3-7-21(8-4-2)11-12(10-18)16(22)20-13-5-6-15(19)14(17)9-13/h3-6,9,11H,1-2,7-8,19H2,(H,20,22)/b12-11-. The minimum absolute atomic E-state index is 0.0309. The SMILES string of the molecule is C=CCN(/C=C(/C#N)C(=O)Nc1ccc(N)c(Cl)c1)CC=C. The van der Waals surface area contributed by atoms with Crippen LogP contribution in [0.1, 0.15) is 0 Å². The first-order valence-electron chi connectivity index (χ1n) is 6.46. The van der Waals surface area contributed by atoms with Crippen molar-refractivity contribution in [2.45, 2.75) is 0 Å². The lowest BCUT2D eigenvalue weighted by Crippen LogP contribution is -2.21. The number of rotatable bonds is 7. The van der Waals surface area contributed by atoms with Gasteiger partial charge in [-0.05, 0) is 18.2 Å². The van der Waals surface area contributed by atoms with Gasteiger partial charge in [0.2, 0.25) is 0 Å². The molecule has 0 spiro atoms. The Balaban J connectivity index is 2.91. The van der Waals surface area contributed by atoms with E-state index in [1.807, 2.05) is 6.07 Å². The summed E-state index contributed by atoms with van der Waals surface area (Å²) in [4.78, 5) is 13.9. The van der Waals surface area contributed by atoms with Crippen molar-refractivity contribution in [3.63, 3.8) is 0 Å². The molecule has 0 aliphatic carbocycles. The van der Waals surface area contributed by atoms with Crippen LogP contribution in [0.25, 0.3) is 0 Å². The summed E-state index contributed by atoms with van der Waals surface area (Å²) >= 11 is 5.89. The molecule has 0 aromatic heterocycles. The van der Waals surface area contributed by atoms with E-state index in [0.717, 1.165) is 0 Å². The van der Waals surface area contributed by atoms with Crippen LogP contribution in [0.3, 0.4) is 0 Å². The molecule has 0 saturated carbocycles. The molecule has 0 heterocycles. The fraction of sp³-hybridized carbons (Fsp3) is 0.125. The zero-order valence-electron chi connectivity index (χ0n) is 12.1. The van der Waals surface area contributed by atoms with Crippen LogP contribution in [0.4, 0.5) is 11.4 Å². The summed E-state index contributed by atoms with van der Waals surface area (Å²) in [6.45, 7) is 8.26. The van der Waals surface area contributed by atoms with E-state index in [2.05, 4.69) is 18.5 Å². The highest BCUT2D eigenvalue weighted by atomic mass is 35.5. The molecule has 6 heteroatoms. The second-order valence-corrected chi connectivity index (χ2v) is 4.78. The first-order chi connectivity index (χ1) is 10.5. The van der Waals surface area contributed by atoms with Gasteiger partial charge in [-0.2, -0.15) is 5.26 Å². The summed E-state index contributed by atoms with van der Waals surface area (Å²) in [7, 11) is 0. The number of carbonyl (C=O) groups is 1. The van der Waals surface area contributed by atoms with E-state index in [9.17, 15) is 4.79 Å². The summed E-state index contributed by atoms with van der Waals surface area (Å²) < 4.78 is 0. The van der Waals surface area contributed by atoms with Crippen molar-refractivity contribution in [2.75, 3.05) is 24.1 Å². The number of anilines is 2. The summed E-state index contributed by atoms with van der Waals surface area (Å²) in [5.74, 6) is -0.526. The molecule has 0 saturated heterocycles. The molecule has 0 atom stereocenters. The van der Waals surface area contributed by atoms with Gasteiger partial charge in [0, 0.05) is 25.0 Å². The van der Waals surface area contributed by atoms with Gasteiger partial charge in [0.1, 0.15) is 11.6 Å². The molecule has 1 rings (SSSR count). The molecule has 0 aliphatic rings. The Bertz CT molecular complexity index is 636. The Morgan fingerprint density at radius 1 is 1.41 bits per heavy atom. The number of hydrogen-bond donors (Lipinski definition) is 2. The zero-order chi connectivity index (χ0) is 16.5. The molecular weight excluding hydrogens is 300 g/mol. The van der Waals surface area contributed by atoms with Gasteiger partial charge in [-0.1, -0.05) is 23.8 Å². The quantitative estimate of drug-likeness (QED) is 0.351. The van der Waals surface area contributed by atoms with E-state index in [-0.39, 0.29) is 5.57 Å². The predicted octanol–water partition coefficient (Wildman–Crippen LogP) is 2.94. The van der Waals surface area contributed by atoms with Crippen LogP contribution in [0, 0.1) is 11.3 Å². The van der Waals surface area contributed by atoms with Gasteiger partial charge in [0.05, 0.1) is 10.7 Å². The number of nitrogens with two attached hydrogens (primary N) is 1. The monoisotopic (exact) mass is 316 g/mol. The Kier molecular flexibility index (Phi) is 6.74. The summed E-state index contributed by atoms with van der Waals surface area (Å²) in [6, 6.07) is 6.59. The van der Waals surface area contributed by atoms with Crippen LogP contribution in [0.2, 0.25) is 5.02 Å². The second-order valence-electron chi connectivity index (χ2n) is 4.38. The number of carbonyl (C=O) groups excluding carboxylic acids is 1. The number of amides is 1. The Morgan fingerprint density at radius 3 is 2.55 bits per heavy atom. The molecule has 0 unspecified atom stereocenters. The number of hydrogen-bond acceptors (Lipinski definition) is 4. The van der Waals surface area contributed by atoms with Gasteiger partial charge in [-0.3, -0.25) is 4.79 Å². The highest BCUT2D eigenvalue weighted by Crippen LogP contribution is 2.22. The average Bonchev–Trinajstić information content (AvgIpc) is 2.48. The van der Waals surface area contributed by atoms with Crippen molar-refractivity contribution in [1.29, 1.82) is 5.26 Å². The minimum atomic E-state index is -0.526. The molecule has 0 fully saturated rings. The van der Waals surface area contributed by atoms with Crippen molar-refractivity contribution in [3.8, 4) is 6.07 Å². The van der Waals surface area contributed by atoms with Gasteiger partial charge in [0.25, 0.3) is 5.91 Å². The lowest BCUT2D eigenvalue weighted by molar-refractivity contribution is -0.112. The van der Waals surface area contributed by atoms with E-state index < -0.39 is 5.91 Å². The summed E-state index contributed by atoms with van der Waals surface area (Å²) in [5.41, 5.74) is 6.45. The maximum atomic E-state index is 12.1. The minimum Gasteiger partial charge on any atom is -0.398 e. The van der Waals surface area contributed by atoms with Crippen LogP contribution < -0.4 is 11.1 Å². The van der Waals surface area contributed by atoms with E-state index in [1.54, 1.807) is 29.2 Å². The van der Waals surface area contributed by atoms with Crippen molar-refractivity contribution < 1.29 is 4.79 Å². The van der Waals surface area contributed by atoms with E-state index >= 15 is 0 Å². The molecule has 5 nitrogen and oxygen atoms in total. The Morgan fingerprint density at radius 2 is 2.05 bits per heavy atom. The molecule has 22 heavy (non-hydrogen) atoms. The molecule has 0 aliphatic heterocycles. The third kappa shape index (κ3) is 5.00. The molecule has 114 valence electrons. The van der Waals surface area contributed by atoms with E-state index in [4.69, 9.17) is 22.6 Å². The molecular formula is C16H17ClN4O. The predicted molar refractivity (Wildman–Crippen MR) is 90.2 cm³/mol. The van der Waals surface area contributed by atoms with Gasteiger partial charge in [-0.25, -0.2) is 0 Å². The molecule has 1 amide bonds. The molecule has 0 bridgehead atoms. The zero-order valence-corrected chi connectivity index (χ0v) is 12.8. The first-order valence-corrected chi connectivity index (χ1v) is 6.83. The molecule has 1 aromatic carbocycles. The fourth-order valence-corrected chi connectivity index (χ4v) is 1.82. The molecule has 0 radical (unpaired) electrons. The second kappa shape index (κ2) is 8.55. The van der Waals surface area contributed by atoms with Crippen molar-refractivity contribution in [3.05, 3.63) is 60.3 Å². The number of nitrogens with zero attached hydrogens (tertiary/aromatic N) is 2. The first kappa shape index (κ1) is 17.3. The smallest absolute Gasteiger partial charge is 0.267 e. The number of nitriles is 1. The normalized spacial score (nSPS) is 10.5. The van der Waals surface area contributed by atoms with Crippen LogP contribution in [-0.4, -0.2) is 23.9 Å². The van der Waals surface area contributed by atoms with Crippen LogP contribution >= 0.6 is 11.6 Å². The van der Waals surface area contributed by atoms with Gasteiger partial charge in [0.15, 0.2) is 0 Å². The van der Waals surface area contributed by atoms with Crippen LogP contribution in [0.15, 0.2) is 55.3 Å². The summed E-state index contributed by atoms with van der Waals surface area (Å²) in [6.07, 6.45) is 4.82. The Hall–Kier alpha value is -2.71.